The van der Waals surface area contributed by atoms with Gasteiger partial charge in [0.1, 0.15) is 5.75 Å². The first-order chi connectivity index (χ1) is 9.56. The van der Waals surface area contributed by atoms with Crippen LogP contribution in [0.25, 0.3) is 0 Å². The van der Waals surface area contributed by atoms with Crippen LogP contribution in [0.3, 0.4) is 0 Å². The van der Waals surface area contributed by atoms with Gasteiger partial charge in [-0.15, -0.1) is 0 Å². The van der Waals surface area contributed by atoms with E-state index in [1.165, 1.54) is 29.2 Å². The number of rotatable bonds is 7. The topological polar surface area (TPSA) is 61.8 Å². The lowest BCUT2D eigenvalue weighted by atomic mass is 10.3. The molecule has 1 rings (SSSR count). The Morgan fingerprint density at radius 3 is 2.50 bits per heavy atom. The molecule has 0 saturated heterocycles. The maximum absolute atomic E-state index is 12.0. The van der Waals surface area contributed by atoms with Crippen LogP contribution >= 0.6 is 0 Å². The number of amides is 2. The van der Waals surface area contributed by atoms with E-state index in [9.17, 15) is 13.6 Å². The fourth-order valence-corrected chi connectivity index (χ4v) is 1.63. The van der Waals surface area contributed by atoms with Crippen LogP contribution in [0.5, 0.6) is 5.75 Å². The van der Waals surface area contributed by atoms with Gasteiger partial charge in [-0.25, -0.2) is 4.79 Å². The quantitative estimate of drug-likeness (QED) is 0.810. The Bertz CT molecular complexity index is 407. The van der Waals surface area contributed by atoms with Crippen molar-refractivity contribution in [1.82, 2.24) is 4.90 Å². The Labute approximate surface area is 116 Å². The van der Waals surface area contributed by atoms with Crippen LogP contribution < -0.4 is 10.1 Å². The van der Waals surface area contributed by atoms with E-state index in [0.717, 1.165) is 6.42 Å². The van der Waals surface area contributed by atoms with Gasteiger partial charge in [-0.1, -0.05) is 6.92 Å². The smallest absolute Gasteiger partial charge is 0.387 e. The Balaban J connectivity index is 2.60. The third kappa shape index (κ3) is 5.40. The van der Waals surface area contributed by atoms with Crippen LogP contribution in [-0.2, 0) is 0 Å². The van der Waals surface area contributed by atoms with Crippen molar-refractivity contribution in [2.75, 3.05) is 25.0 Å². The van der Waals surface area contributed by atoms with Gasteiger partial charge < -0.3 is 20.1 Å². The molecule has 0 unspecified atom stereocenters. The van der Waals surface area contributed by atoms with E-state index < -0.39 is 6.61 Å². The van der Waals surface area contributed by atoms with Crippen molar-refractivity contribution < 1.29 is 23.4 Å². The molecule has 0 atom stereocenters. The number of carbonyl (C=O) groups excluding carboxylic acids is 1. The number of nitrogens with one attached hydrogen (secondary N) is 1. The second kappa shape index (κ2) is 8.31. The second-order valence-corrected chi connectivity index (χ2v) is 4.04. The summed E-state index contributed by atoms with van der Waals surface area (Å²) in [6.07, 6.45) is 0.772. The average molecular weight is 288 g/mol. The van der Waals surface area contributed by atoms with E-state index in [1.54, 1.807) is 0 Å². The highest BCUT2D eigenvalue weighted by Gasteiger charge is 2.12. The van der Waals surface area contributed by atoms with Crippen molar-refractivity contribution >= 4 is 11.7 Å². The summed E-state index contributed by atoms with van der Waals surface area (Å²) in [5.41, 5.74) is 0.468. The first-order valence-electron chi connectivity index (χ1n) is 6.28. The summed E-state index contributed by atoms with van der Waals surface area (Å²) in [7, 11) is 0. The van der Waals surface area contributed by atoms with E-state index >= 15 is 0 Å². The van der Waals surface area contributed by atoms with Crippen LogP contribution in [0.4, 0.5) is 19.3 Å². The van der Waals surface area contributed by atoms with Gasteiger partial charge in [0.05, 0.1) is 6.61 Å². The number of hydrogen-bond donors (Lipinski definition) is 2. The number of aliphatic hydroxyl groups excluding tert-OH is 1. The van der Waals surface area contributed by atoms with Gasteiger partial charge in [0.25, 0.3) is 0 Å². The molecule has 0 heterocycles. The molecule has 7 heteroatoms. The molecule has 1 aromatic carbocycles. The van der Waals surface area contributed by atoms with Crippen LogP contribution in [0, 0.1) is 0 Å². The normalized spacial score (nSPS) is 10.4. The molecule has 0 spiro atoms. The number of ether oxygens (including phenoxy) is 1. The average Bonchev–Trinajstić information content (AvgIpc) is 2.40. The Hall–Kier alpha value is -1.89. The van der Waals surface area contributed by atoms with Crippen LogP contribution in [0.2, 0.25) is 0 Å². The molecule has 0 aliphatic heterocycles. The summed E-state index contributed by atoms with van der Waals surface area (Å²) in [6, 6.07) is 5.29. The molecule has 0 fully saturated rings. The van der Waals surface area contributed by atoms with Gasteiger partial charge in [-0.3, -0.25) is 0 Å². The molecule has 0 saturated carbocycles. The van der Waals surface area contributed by atoms with Crippen molar-refractivity contribution in [3.63, 3.8) is 0 Å². The summed E-state index contributed by atoms with van der Waals surface area (Å²) in [5.74, 6) is 0.0266. The molecule has 20 heavy (non-hydrogen) atoms. The van der Waals surface area contributed by atoms with E-state index in [0.29, 0.717) is 12.2 Å². The van der Waals surface area contributed by atoms with Gasteiger partial charge in [-0.05, 0) is 30.7 Å². The summed E-state index contributed by atoms with van der Waals surface area (Å²) in [5, 5.41) is 11.5. The minimum atomic E-state index is -2.87. The predicted molar refractivity (Wildman–Crippen MR) is 71.0 cm³/mol. The minimum absolute atomic E-state index is 0.0266. The van der Waals surface area contributed by atoms with Crippen molar-refractivity contribution in [2.45, 2.75) is 20.0 Å². The van der Waals surface area contributed by atoms with Crippen molar-refractivity contribution in [3.8, 4) is 5.75 Å². The zero-order chi connectivity index (χ0) is 15.0. The van der Waals surface area contributed by atoms with Crippen LogP contribution in [-0.4, -0.2) is 42.3 Å². The molecule has 0 radical (unpaired) electrons. The first-order valence-corrected chi connectivity index (χ1v) is 6.28. The maximum atomic E-state index is 12.0. The van der Waals surface area contributed by atoms with Gasteiger partial charge >= 0.3 is 12.6 Å². The van der Waals surface area contributed by atoms with E-state index in [-0.39, 0.29) is 24.9 Å². The summed E-state index contributed by atoms with van der Waals surface area (Å²) < 4.78 is 28.2. The zero-order valence-corrected chi connectivity index (χ0v) is 11.2. The molecule has 0 bridgehead atoms. The molecule has 1 aromatic rings. The number of aliphatic hydroxyl groups is 1. The van der Waals surface area contributed by atoms with E-state index in [2.05, 4.69) is 10.1 Å². The highest BCUT2D eigenvalue weighted by atomic mass is 19.3. The van der Waals surface area contributed by atoms with Gasteiger partial charge in [0.2, 0.25) is 0 Å². The largest absolute Gasteiger partial charge is 0.435 e. The van der Waals surface area contributed by atoms with E-state index in [1.807, 2.05) is 6.92 Å². The first kappa shape index (κ1) is 16.2. The third-order valence-electron chi connectivity index (χ3n) is 2.48. The lowest BCUT2D eigenvalue weighted by Gasteiger charge is -2.21. The molecule has 5 nitrogen and oxygen atoms in total. The second-order valence-electron chi connectivity index (χ2n) is 4.04. The van der Waals surface area contributed by atoms with Crippen LogP contribution in [0.15, 0.2) is 24.3 Å². The summed E-state index contributed by atoms with van der Waals surface area (Å²) in [4.78, 5) is 13.4. The number of alkyl halides is 2. The molecule has 2 N–H and O–H groups in total. The highest BCUT2D eigenvalue weighted by molar-refractivity contribution is 5.89. The number of benzene rings is 1. The molecule has 0 aliphatic carbocycles. The van der Waals surface area contributed by atoms with Crippen molar-refractivity contribution in [1.29, 1.82) is 0 Å². The van der Waals surface area contributed by atoms with Gasteiger partial charge in [0.15, 0.2) is 0 Å². The lowest BCUT2D eigenvalue weighted by molar-refractivity contribution is -0.0498. The van der Waals surface area contributed by atoms with Crippen LogP contribution in [0.1, 0.15) is 13.3 Å². The maximum Gasteiger partial charge on any atom is 0.387 e. The van der Waals surface area contributed by atoms with Crippen molar-refractivity contribution in [2.24, 2.45) is 0 Å². The number of urea groups is 1. The summed E-state index contributed by atoms with van der Waals surface area (Å²) >= 11 is 0. The van der Waals surface area contributed by atoms with Gasteiger partial charge in [0, 0.05) is 18.8 Å². The molecular formula is C13H18F2N2O3. The van der Waals surface area contributed by atoms with Gasteiger partial charge in [-0.2, -0.15) is 8.78 Å². The highest BCUT2D eigenvalue weighted by Crippen LogP contribution is 2.18. The Morgan fingerprint density at radius 1 is 1.35 bits per heavy atom. The third-order valence-corrected chi connectivity index (χ3v) is 2.48. The zero-order valence-electron chi connectivity index (χ0n) is 11.2. The molecule has 2 amide bonds. The fourth-order valence-electron chi connectivity index (χ4n) is 1.63. The Kier molecular flexibility index (Phi) is 6.72. The summed E-state index contributed by atoms with van der Waals surface area (Å²) in [6.45, 7) is -0.298. The number of hydrogen-bond acceptors (Lipinski definition) is 3. The number of nitrogens with zero attached hydrogens (tertiary/aromatic N) is 1. The van der Waals surface area contributed by atoms with E-state index in [4.69, 9.17) is 5.11 Å². The standard InChI is InChI=1S/C13H18F2N2O3/c1-2-7-17(8-9-18)13(19)16-10-3-5-11(6-4-10)20-12(14)15/h3-6,12,18H,2,7-9H2,1H3,(H,16,19). The molecule has 0 aliphatic rings. The minimum Gasteiger partial charge on any atom is -0.435 e. The lowest BCUT2D eigenvalue weighted by Crippen LogP contribution is -2.37. The number of halogens is 2. The number of carbonyl (C=O) groups is 1. The molecule has 112 valence electrons. The number of anilines is 1. The van der Waals surface area contributed by atoms with Crippen molar-refractivity contribution in [3.05, 3.63) is 24.3 Å². The fraction of sp³-hybridized carbons (Fsp3) is 0.462. The predicted octanol–water partition coefficient (Wildman–Crippen LogP) is 2.52. The Morgan fingerprint density at radius 2 is 2.00 bits per heavy atom. The molecule has 0 aromatic heterocycles. The SMILES string of the molecule is CCCN(CCO)C(=O)Nc1ccc(OC(F)F)cc1. The molecular weight excluding hydrogens is 270 g/mol. The monoisotopic (exact) mass is 288 g/mol.